The van der Waals surface area contributed by atoms with E-state index in [4.69, 9.17) is 9.57 Å². The van der Waals surface area contributed by atoms with Crippen LogP contribution in [-0.4, -0.2) is 21.8 Å². The molecule has 0 saturated heterocycles. The highest BCUT2D eigenvalue weighted by Gasteiger charge is 2.13. The maximum atomic E-state index is 12.1. The highest BCUT2D eigenvalue weighted by Crippen LogP contribution is 2.03. The van der Waals surface area contributed by atoms with Gasteiger partial charge < -0.3 is 9.57 Å². The van der Waals surface area contributed by atoms with Gasteiger partial charge in [0.15, 0.2) is 0 Å². The lowest BCUT2D eigenvalue weighted by atomic mass is 10.2. The number of ether oxygens (including phenoxy) is 1. The fourth-order valence-electron chi connectivity index (χ4n) is 1.71. The monoisotopic (exact) mass is 317 g/mol. The molecule has 0 bridgehead atoms. The number of rotatable bonds is 4. The lowest BCUT2D eigenvalue weighted by Crippen LogP contribution is -2.34. The van der Waals surface area contributed by atoms with Gasteiger partial charge in [0, 0.05) is 6.92 Å². The van der Waals surface area contributed by atoms with Crippen LogP contribution >= 0.6 is 0 Å². The summed E-state index contributed by atoms with van der Waals surface area (Å²) >= 11 is 0. The minimum Gasteiger partial charge on any atom is -0.444 e. The zero-order chi connectivity index (χ0) is 16.8. The predicted octanol–water partition coefficient (Wildman–Crippen LogP) is 1.28. The number of hydrogen-bond acceptors (Lipinski definition) is 6. The molecule has 0 aliphatic rings. The number of aromatic nitrogens is 2. The molecule has 2 rings (SSSR count). The minimum absolute atomic E-state index is 0.0596. The van der Waals surface area contributed by atoms with Gasteiger partial charge in [0.05, 0.1) is 6.20 Å². The van der Waals surface area contributed by atoms with Crippen LogP contribution in [0.25, 0.3) is 0 Å². The molecule has 1 heterocycles. The van der Waals surface area contributed by atoms with Gasteiger partial charge in [-0.3, -0.25) is 10.1 Å². The Hall–Kier alpha value is -3.16. The molecule has 1 N–H and O–H groups in total. The van der Waals surface area contributed by atoms with Crippen molar-refractivity contribution in [2.45, 2.75) is 20.5 Å². The highest BCUT2D eigenvalue weighted by atomic mass is 16.7. The van der Waals surface area contributed by atoms with Gasteiger partial charge in [-0.15, -0.1) is 4.73 Å². The van der Waals surface area contributed by atoms with E-state index in [0.29, 0.717) is 4.73 Å². The first-order chi connectivity index (χ1) is 11.0. The second-order valence-corrected chi connectivity index (χ2v) is 4.59. The fourth-order valence-corrected chi connectivity index (χ4v) is 1.71. The molecule has 0 fully saturated rings. The van der Waals surface area contributed by atoms with Gasteiger partial charge in [0.2, 0.25) is 0 Å². The van der Waals surface area contributed by atoms with Crippen molar-refractivity contribution in [3.8, 4) is 0 Å². The van der Waals surface area contributed by atoms with E-state index in [-0.39, 0.29) is 18.1 Å². The third kappa shape index (κ3) is 4.40. The molecule has 0 aliphatic carbocycles. The quantitative estimate of drug-likeness (QED) is 0.911. The number of benzene rings is 1. The van der Waals surface area contributed by atoms with Crippen LogP contribution in [0, 0.1) is 6.92 Å². The first kappa shape index (κ1) is 16.2. The van der Waals surface area contributed by atoms with E-state index < -0.39 is 17.6 Å². The smallest absolute Gasteiger partial charge is 0.412 e. The first-order valence-corrected chi connectivity index (χ1v) is 6.72. The number of amides is 1. The Kier molecular flexibility index (Phi) is 5.08. The standard InChI is InChI=1S/C15H15N3O5/c1-10-16-8-13(14(20)18(10)23-11(2)19)17-15(21)22-9-12-6-4-3-5-7-12/h3-8H,9H2,1-2H3,(H,17,21). The van der Waals surface area contributed by atoms with Crippen LogP contribution in [0.3, 0.4) is 0 Å². The molecule has 8 nitrogen and oxygen atoms in total. The van der Waals surface area contributed by atoms with Crippen molar-refractivity contribution in [2.75, 3.05) is 5.32 Å². The molecule has 23 heavy (non-hydrogen) atoms. The molecule has 8 heteroatoms. The van der Waals surface area contributed by atoms with Gasteiger partial charge in [0.1, 0.15) is 18.1 Å². The van der Waals surface area contributed by atoms with Gasteiger partial charge in [-0.05, 0) is 12.5 Å². The second kappa shape index (κ2) is 7.21. The van der Waals surface area contributed by atoms with Crippen LogP contribution in [0.1, 0.15) is 18.3 Å². The Balaban J connectivity index is 2.06. The van der Waals surface area contributed by atoms with E-state index in [9.17, 15) is 14.4 Å². The Morgan fingerprint density at radius 2 is 1.96 bits per heavy atom. The molecule has 1 aromatic carbocycles. The summed E-state index contributed by atoms with van der Waals surface area (Å²) in [6.07, 6.45) is 0.354. The summed E-state index contributed by atoms with van der Waals surface area (Å²) in [6, 6.07) is 9.08. The Bertz CT molecular complexity index is 770. The maximum absolute atomic E-state index is 12.1. The predicted molar refractivity (Wildman–Crippen MR) is 80.7 cm³/mol. The van der Waals surface area contributed by atoms with Gasteiger partial charge in [0.25, 0.3) is 0 Å². The van der Waals surface area contributed by atoms with Gasteiger partial charge in [-0.1, -0.05) is 30.3 Å². The molecule has 0 saturated carbocycles. The van der Waals surface area contributed by atoms with Crippen LogP contribution in [0.4, 0.5) is 10.5 Å². The molecule has 120 valence electrons. The molecule has 1 amide bonds. The molecule has 0 radical (unpaired) electrons. The van der Waals surface area contributed by atoms with Crippen LogP contribution in [0.2, 0.25) is 0 Å². The topological polar surface area (TPSA) is 99.5 Å². The van der Waals surface area contributed by atoms with Crippen molar-refractivity contribution in [2.24, 2.45) is 0 Å². The highest BCUT2D eigenvalue weighted by molar-refractivity contribution is 5.84. The van der Waals surface area contributed by atoms with Gasteiger partial charge in [-0.2, -0.15) is 0 Å². The number of anilines is 1. The number of hydrogen-bond donors (Lipinski definition) is 1. The van der Waals surface area contributed by atoms with Gasteiger partial charge >= 0.3 is 17.6 Å². The lowest BCUT2D eigenvalue weighted by Gasteiger charge is -2.10. The third-order valence-electron chi connectivity index (χ3n) is 2.76. The van der Waals surface area contributed by atoms with Crippen LogP contribution in [0.15, 0.2) is 41.3 Å². The van der Waals surface area contributed by atoms with E-state index >= 15 is 0 Å². The largest absolute Gasteiger partial charge is 0.444 e. The van der Waals surface area contributed by atoms with Crippen molar-refractivity contribution >= 4 is 17.7 Å². The van der Waals surface area contributed by atoms with Crippen LogP contribution < -0.4 is 15.7 Å². The van der Waals surface area contributed by atoms with E-state index in [1.165, 1.54) is 13.1 Å². The third-order valence-corrected chi connectivity index (χ3v) is 2.76. The van der Waals surface area contributed by atoms with Crippen LogP contribution in [-0.2, 0) is 16.1 Å². The molecule has 0 atom stereocenters. The lowest BCUT2D eigenvalue weighted by molar-refractivity contribution is -0.142. The summed E-state index contributed by atoms with van der Waals surface area (Å²) < 4.78 is 5.71. The molecule has 2 aromatic rings. The molecule has 0 unspecified atom stereocenters. The number of nitrogens with zero attached hydrogens (tertiary/aromatic N) is 2. The Morgan fingerprint density at radius 3 is 2.61 bits per heavy atom. The maximum Gasteiger partial charge on any atom is 0.412 e. The molecule has 0 aliphatic heterocycles. The van der Waals surface area contributed by atoms with Gasteiger partial charge in [-0.25, -0.2) is 14.6 Å². The molecular weight excluding hydrogens is 302 g/mol. The zero-order valence-electron chi connectivity index (χ0n) is 12.6. The Morgan fingerprint density at radius 1 is 1.26 bits per heavy atom. The van der Waals surface area contributed by atoms with Crippen molar-refractivity contribution in [3.05, 3.63) is 58.3 Å². The molecule has 1 aromatic heterocycles. The van der Waals surface area contributed by atoms with E-state index in [1.54, 1.807) is 12.1 Å². The summed E-state index contributed by atoms with van der Waals surface area (Å²) in [6.45, 7) is 2.70. The molecule has 0 spiro atoms. The number of nitrogens with one attached hydrogen (secondary N) is 1. The van der Waals surface area contributed by atoms with Crippen LogP contribution in [0.5, 0.6) is 0 Å². The number of carbonyl (C=O) groups excluding carboxylic acids is 2. The first-order valence-electron chi connectivity index (χ1n) is 6.72. The summed E-state index contributed by atoms with van der Waals surface area (Å²) in [7, 11) is 0. The average molecular weight is 317 g/mol. The number of aryl methyl sites for hydroxylation is 1. The molecular formula is C15H15N3O5. The summed E-state index contributed by atoms with van der Waals surface area (Å²) in [5, 5.41) is 2.27. The zero-order valence-corrected chi connectivity index (χ0v) is 12.6. The normalized spacial score (nSPS) is 10.0. The number of carbonyl (C=O) groups is 2. The minimum atomic E-state index is -0.814. The van der Waals surface area contributed by atoms with E-state index in [1.807, 2.05) is 18.2 Å². The second-order valence-electron chi connectivity index (χ2n) is 4.59. The fraction of sp³-hybridized carbons (Fsp3) is 0.200. The van der Waals surface area contributed by atoms with Crippen molar-refractivity contribution in [1.82, 2.24) is 9.71 Å². The Labute approximate surface area is 131 Å². The summed E-state index contributed by atoms with van der Waals surface area (Å²) in [5.74, 6) is -0.505. The summed E-state index contributed by atoms with van der Waals surface area (Å²) in [5.41, 5.74) is -0.0683. The van der Waals surface area contributed by atoms with Crippen molar-refractivity contribution < 1.29 is 19.2 Å². The van der Waals surface area contributed by atoms with Crippen molar-refractivity contribution in [3.63, 3.8) is 0 Å². The van der Waals surface area contributed by atoms with Crippen molar-refractivity contribution in [1.29, 1.82) is 0 Å². The SMILES string of the molecule is CC(=O)On1c(C)ncc(NC(=O)OCc2ccccc2)c1=O. The average Bonchev–Trinajstić information content (AvgIpc) is 2.53. The van der Waals surface area contributed by atoms with E-state index in [2.05, 4.69) is 10.3 Å². The summed E-state index contributed by atoms with van der Waals surface area (Å²) in [4.78, 5) is 43.5. The van der Waals surface area contributed by atoms with E-state index in [0.717, 1.165) is 12.5 Å².